The normalized spacial score (nSPS) is 16.4. The molecule has 0 unspecified atom stereocenters. The van der Waals surface area contributed by atoms with Gasteiger partial charge in [0.05, 0.1) is 6.42 Å². The van der Waals surface area contributed by atoms with Crippen molar-refractivity contribution in [1.29, 1.82) is 0 Å². The molecule has 0 atom stereocenters. The fourth-order valence-electron chi connectivity index (χ4n) is 2.67. The molecule has 1 saturated heterocycles. The first-order chi connectivity index (χ1) is 9.61. The maximum absolute atomic E-state index is 13.5. The van der Waals surface area contributed by atoms with E-state index in [-0.39, 0.29) is 17.9 Å². The molecule has 0 aliphatic carbocycles. The van der Waals surface area contributed by atoms with Crippen LogP contribution in [0.1, 0.15) is 24.8 Å². The molecule has 0 saturated carbocycles. The van der Waals surface area contributed by atoms with Gasteiger partial charge in [-0.25, -0.2) is 8.78 Å². The van der Waals surface area contributed by atoms with Crippen molar-refractivity contribution in [3.63, 3.8) is 0 Å². The molecule has 1 aromatic rings. The Labute approximate surface area is 117 Å². The van der Waals surface area contributed by atoms with E-state index in [0.29, 0.717) is 25.6 Å². The highest BCUT2D eigenvalue weighted by Crippen LogP contribution is 2.21. The van der Waals surface area contributed by atoms with E-state index in [1.165, 1.54) is 12.1 Å². The lowest BCUT2D eigenvalue weighted by Gasteiger charge is -2.32. The lowest BCUT2D eigenvalue weighted by molar-refractivity contribution is -0.131. The van der Waals surface area contributed by atoms with E-state index in [1.807, 2.05) is 0 Å². The molecule has 1 aliphatic rings. The van der Waals surface area contributed by atoms with E-state index in [1.54, 1.807) is 4.90 Å². The summed E-state index contributed by atoms with van der Waals surface area (Å²) in [5, 5.41) is 0. The highest BCUT2D eigenvalue weighted by Gasteiger charge is 2.23. The predicted molar refractivity (Wildman–Crippen MR) is 73.0 cm³/mol. The van der Waals surface area contributed by atoms with Gasteiger partial charge in [0, 0.05) is 18.7 Å². The monoisotopic (exact) mass is 282 g/mol. The molecule has 1 aliphatic heterocycles. The molecule has 1 amide bonds. The lowest BCUT2D eigenvalue weighted by atomic mass is 9.93. The number of benzene rings is 1. The summed E-state index contributed by atoms with van der Waals surface area (Å²) in [7, 11) is 0. The molecule has 2 N–H and O–H groups in total. The maximum atomic E-state index is 13.5. The minimum Gasteiger partial charge on any atom is -0.342 e. The summed E-state index contributed by atoms with van der Waals surface area (Å²) in [4.78, 5) is 13.8. The van der Waals surface area contributed by atoms with Crippen LogP contribution in [-0.4, -0.2) is 30.4 Å². The Morgan fingerprint density at radius 3 is 2.65 bits per heavy atom. The first-order valence-corrected chi connectivity index (χ1v) is 7.02. The van der Waals surface area contributed by atoms with Crippen LogP contribution in [0, 0.1) is 17.6 Å². The van der Waals surface area contributed by atoms with Gasteiger partial charge in [0.2, 0.25) is 5.91 Å². The summed E-state index contributed by atoms with van der Waals surface area (Å²) in [6, 6.07) is 3.94. The minimum absolute atomic E-state index is 0.0782. The second-order valence-electron chi connectivity index (χ2n) is 5.29. The molecule has 5 heteroatoms. The van der Waals surface area contributed by atoms with Crippen molar-refractivity contribution in [3.8, 4) is 0 Å². The van der Waals surface area contributed by atoms with E-state index in [9.17, 15) is 13.6 Å². The second-order valence-corrected chi connectivity index (χ2v) is 5.29. The van der Waals surface area contributed by atoms with Crippen molar-refractivity contribution >= 4 is 5.91 Å². The average Bonchev–Trinajstić information content (AvgIpc) is 2.45. The summed E-state index contributed by atoms with van der Waals surface area (Å²) in [6.45, 7) is 2.04. The zero-order valence-electron chi connectivity index (χ0n) is 11.4. The van der Waals surface area contributed by atoms with Crippen LogP contribution < -0.4 is 5.73 Å². The number of rotatable bonds is 4. The Kier molecular flexibility index (Phi) is 5.06. The van der Waals surface area contributed by atoms with Gasteiger partial charge in [-0.3, -0.25) is 4.79 Å². The van der Waals surface area contributed by atoms with Crippen LogP contribution in [0.2, 0.25) is 0 Å². The molecule has 20 heavy (non-hydrogen) atoms. The third kappa shape index (κ3) is 3.54. The molecule has 2 rings (SSSR count). The molecule has 3 nitrogen and oxygen atoms in total. The quantitative estimate of drug-likeness (QED) is 0.919. The van der Waals surface area contributed by atoms with Crippen molar-refractivity contribution in [1.82, 2.24) is 4.90 Å². The molecule has 0 bridgehead atoms. The van der Waals surface area contributed by atoms with Gasteiger partial charge in [0.15, 0.2) is 11.6 Å². The Morgan fingerprint density at radius 1 is 1.30 bits per heavy atom. The Balaban J connectivity index is 1.91. The molecular formula is C15H20F2N2O. The second kappa shape index (κ2) is 6.79. The van der Waals surface area contributed by atoms with E-state index in [4.69, 9.17) is 5.73 Å². The van der Waals surface area contributed by atoms with E-state index in [0.717, 1.165) is 25.3 Å². The van der Waals surface area contributed by atoms with Crippen molar-refractivity contribution in [3.05, 3.63) is 35.4 Å². The summed E-state index contributed by atoms with van der Waals surface area (Å²) in [5.41, 5.74) is 5.65. The molecule has 1 aromatic carbocycles. The number of amides is 1. The van der Waals surface area contributed by atoms with E-state index >= 15 is 0 Å². The summed E-state index contributed by atoms with van der Waals surface area (Å²) in [5.74, 6) is -1.38. The predicted octanol–water partition coefficient (Wildman–Crippen LogP) is 2.09. The highest BCUT2D eigenvalue weighted by molar-refractivity contribution is 5.78. The number of likely N-dealkylation sites (tertiary alicyclic amines) is 1. The number of hydrogen-bond acceptors (Lipinski definition) is 2. The van der Waals surface area contributed by atoms with Gasteiger partial charge in [0.1, 0.15) is 0 Å². The van der Waals surface area contributed by atoms with Gasteiger partial charge in [-0.1, -0.05) is 12.1 Å². The summed E-state index contributed by atoms with van der Waals surface area (Å²) < 4.78 is 26.6. The van der Waals surface area contributed by atoms with Crippen LogP contribution in [0.4, 0.5) is 8.78 Å². The molecule has 0 spiro atoms. The van der Waals surface area contributed by atoms with Gasteiger partial charge >= 0.3 is 0 Å². The largest absolute Gasteiger partial charge is 0.342 e. The Morgan fingerprint density at radius 2 is 2.00 bits per heavy atom. The third-order valence-electron chi connectivity index (χ3n) is 3.92. The van der Waals surface area contributed by atoms with Crippen LogP contribution >= 0.6 is 0 Å². The minimum atomic E-state index is -0.918. The van der Waals surface area contributed by atoms with Crippen molar-refractivity contribution in [2.24, 2.45) is 11.7 Å². The van der Waals surface area contributed by atoms with Crippen molar-refractivity contribution in [2.45, 2.75) is 25.7 Å². The highest BCUT2D eigenvalue weighted by atomic mass is 19.2. The van der Waals surface area contributed by atoms with Crippen LogP contribution in [-0.2, 0) is 11.2 Å². The topological polar surface area (TPSA) is 46.3 Å². The van der Waals surface area contributed by atoms with Gasteiger partial charge in [-0.15, -0.1) is 0 Å². The summed E-state index contributed by atoms with van der Waals surface area (Å²) in [6.07, 6.45) is 2.79. The molecule has 0 radical (unpaired) electrons. The Bertz CT molecular complexity index is 471. The molecule has 0 aromatic heterocycles. The van der Waals surface area contributed by atoms with Crippen LogP contribution in [0.3, 0.4) is 0 Å². The number of hydrogen-bond donors (Lipinski definition) is 1. The number of piperidine rings is 1. The molecule has 110 valence electrons. The first-order valence-electron chi connectivity index (χ1n) is 7.02. The zero-order chi connectivity index (χ0) is 14.5. The van der Waals surface area contributed by atoms with Gasteiger partial charge in [0.25, 0.3) is 0 Å². The number of nitrogens with two attached hydrogens (primary N) is 1. The molecular weight excluding hydrogens is 262 g/mol. The van der Waals surface area contributed by atoms with Crippen LogP contribution in [0.25, 0.3) is 0 Å². The van der Waals surface area contributed by atoms with E-state index < -0.39 is 11.6 Å². The van der Waals surface area contributed by atoms with Crippen LogP contribution in [0.15, 0.2) is 18.2 Å². The third-order valence-corrected chi connectivity index (χ3v) is 3.92. The standard InChI is InChI=1S/C15H20F2N2O/c16-13-3-1-2-12(15(13)17)10-14(20)19-8-5-11(4-7-18)6-9-19/h1-3,11H,4-10,18H2. The first kappa shape index (κ1) is 14.9. The van der Waals surface area contributed by atoms with Crippen molar-refractivity contribution < 1.29 is 13.6 Å². The van der Waals surface area contributed by atoms with Gasteiger partial charge in [-0.05, 0) is 37.8 Å². The van der Waals surface area contributed by atoms with Gasteiger partial charge in [-0.2, -0.15) is 0 Å². The zero-order valence-corrected chi connectivity index (χ0v) is 11.4. The van der Waals surface area contributed by atoms with Gasteiger partial charge < -0.3 is 10.6 Å². The van der Waals surface area contributed by atoms with Crippen molar-refractivity contribution in [2.75, 3.05) is 19.6 Å². The number of halogens is 2. The fourth-order valence-corrected chi connectivity index (χ4v) is 2.67. The lowest BCUT2D eigenvalue weighted by Crippen LogP contribution is -2.39. The summed E-state index contributed by atoms with van der Waals surface area (Å²) >= 11 is 0. The maximum Gasteiger partial charge on any atom is 0.227 e. The van der Waals surface area contributed by atoms with Crippen LogP contribution in [0.5, 0.6) is 0 Å². The molecule has 1 heterocycles. The smallest absolute Gasteiger partial charge is 0.227 e. The number of nitrogens with zero attached hydrogens (tertiary/aromatic N) is 1. The number of carbonyl (C=O) groups excluding carboxylic acids is 1. The number of carbonyl (C=O) groups is 1. The van der Waals surface area contributed by atoms with E-state index in [2.05, 4.69) is 0 Å². The average molecular weight is 282 g/mol. The fraction of sp³-hybridized carbons (Fsp3) is 0.533. The SMILES string of the molecule is NCCC1CCN(C(=O)Cc2cccc(F)c2F)CC1. The molecule has 1 fully saturated rings. The Hall–Kier alpha value is -1.49.